The van der Waals surface area contributed by atoms with Crippen molar-refractivity contribution < 1.29 is 99.9 Å². The van der Waals surface area contributed by atoms with Crippen molar-refractivity contribution in [3.8, 4) is 0 Å². The summed E-state index contributed by atoms with van der Waals surface area (Å²) in [4.78, 5) is 122. The predicted molar refractivity (Wildman–Crippen MR) is 426 cm³/mol. The van der Waals surface area contributed by atoms with E-state index in [1.165, 1.54) is 6.92 Å². The number of ether oxygens (including phenoxy) is 13. The maximum absolute atomic E-state index is 15.7. The highest BCUT2D eigenvalue weighted by molar-refractivity contribution is 6.23. The first kappa shape index (κ1) is 81.9. The Bertz CT molecular complexity index is 4870. The molecule has 6 amide bonds. The van der Waals surface area contributed by atoms with Crippen LogP contribution in [-0.4, -0.2) is 180 Å². The van der Waals surface area contributed by atoms with Crippen LogP contribution in [0, 0.1) is 0 Å². The van der Waals surface area contributed by atoms with E-state index in [0.29, 0.717) is 29.5 Å². The van der Waals surface area contributed by atoms with Crippen LogP contribution in [0.4, 0.5) is 0 Å². The van der Waals surface area contributed by atoms with Crippen LogP contribution < -0.4 is 0 Å². The maximum Gasteiger partial charge on any atom is 0.306 e. The summed E-state index contributed by atoms with van der Waals surface area (Å²) in [7, 11) is 0. The summed E-state index contributed by atoms with van der Waals surface area (Å²) in [6.07, 6.45) is -14.6. The molecule has 0 aromatic heterocycles. The first-order chi connectivity index (χ1) is 57.8. The molecule has 15 rings (SSSR count). The zero-order valence-electron chi connectivity index (χ0n) is 65.0. The molecule has 3 saturated heterocycles. The summed E-state index contributed by atoms with van der Waals surface area (Å²) >= 11 is 0. The number of carbonyl (C=O) groups excluding carboxylic acids is 8. The molecule has 9 aromatic carbocycles. The third-order valence-corrected chi connectivity index (χ3v) is 21.7. The smallest absolute Gasteiger partial charge is 0.306 e. The number of imide groups is 3. The van der Waals surface area contributed by atoms with E-state index < -0.39 is 153 Å². The summed E-state index contributed by atoms with van der Waals surface area (Å²) < 4.78 is 92.0. The van der Waals surface area contributed by atoms with Crippen LogP contribution in [0.2, 0.25) is 0 Å². The van der Waals surface area contributed by atoms with Crippen molar-refractivity contribution in [2.75, 3.05) is 26.4 Å². The average Bonchev–Trinajstić information content (AvgIpc) is 1.55. The lowest BCUT2D eigenvalue weighted by Crippen LogP contribution is -2.69. The highest BCUT2D eigenvalue weighted by atomic mass is 16.7. The van der Waals surface area contributed by atoms with Gasteiger partial charge in [0.05, 0.1) is 99.3 Å². The van der Waals surface area contributed by atoms with Gasteiger partial charge in [-0.25, -0.2) is 0 Å². The molecule has 6 aliphatic heterocycles. The Hall–Kier alpha value is -11.2. The molecule has 0 bridgehead atoms. The highest BCUT2D eigenvalue weighted by Crippen LogP contribution is 2.43. The van der Waals surface area contributed by atoms with E-state index in [-0.39, 0.29) is 98.3 Å². The average molecular weight is 1600 g/mol. The summed E-state index contributed by atoms with van der Waals surface area (Å²) in [5, 5.41) is 0. The number of hydrogen-bond donors (Lipinski definition) is 0. The monoisotopic (exact) mass is 1600 g/mol. The number of rotatable bonds is 37. The third kappa shape index (κ3) is 18.7. The first-order valence-electron chi connectivity index (χ1n) is 39.7. The Morgan fingerprint density at radius 2 is 0.568 bits per heavy atom. The Morgan fingerprint density at radius 1 is 0.322 bits per heavy atom. The zero-order chi connectivity index (χ0) is 81.4. The number of ketones is 1. The largest absolute Gasteiger partial charge is 0.463 e. The van der Waals surface area contributed by atoms with E-state index >= 15 is 28.8 Å². The number of carbonyl (C=O) groups is 8. The van der Waals surface area contributed by atoms with Gasteiger partial charge in [-0.3, -0.25) is 48.3 Å². The van der Waals surface area contributed by atoms with Crippen molar-refractivity contribution >= 4 is 47.2 Å². The summed E-state index contributed by atoms with van der Waals surface area (Å²) in [6, 6.07) is 70.5. The number of nitrogens with zero attached hydrogens (tertiary/aromatic N) is 3. The van der Waals surface area contributed by atoms with Gasteiger partial charge in [-0.15, -0.1) is 6.58 Å². The Kier molecular flexibility index (Phi) is 27.0. The number of Topliss-reactive ketones (excluding diaryl/α,β-unsaturated/α-hetero) is 1. The fourth-order valence-electron chi connectivity index (χ4n) is 15.8. The molecule has 24 heteroatoms. The molecule has 15 atom stereocenters. The minimum Gasteiger partial charge on any atom is -0.463 e. The van der Waals surface area contributed by atoms with Crippen LogP contribution >= 0.6 is 0 Å². The van der Waals surface area contributed by atoms with Crippen LogP contribution in [0.25, 0.3) is 0 Å². The van der Waals surface area contributed by atoms with Crippen molar-refractivity contribution in [1.29, 1.82) is 0 Å². The molecule has 0 spiro atoms. The molecular formula is C94H91N3O21. The molecule has 0 saturated carbocycles. The second-order valence-electron chi connectivity index (χ2n) is 29.6. The van der Waals surface area contributed by atoms with Crippen LogP contribution in [0.3, 0.4) is 0 Å². The number of amides is 6. The summed E-state index contributed by atoms with van der Waals surface area (Å²) in [6.45, 7) is 3.16. The molecule has 6 aliphatic rings. The number of benzene rings is 9. The number of esters is 1. The summed E-state index contributed by atoms with van der Waals surface area (Å²) in [5.74, 6) is -5.04. The second-order valence-corrected chi connectivity index (χ2v) is 29.6. The predicted octanol–water partition coefficient (Wildman–Crippen LogP) is 12.6. The minimum atomic E-state index is -1.77. The van der Waals surface area contributed by atoms with Crippen molar-refractivity contribution in [2.24, 2.45) is 0 Å². The van der Waals surface area contributed by atoms with Gasteiger partial charge in [-0.2, -0.15) is 0 Å². The molecule has 0 N–H and O–H groups in total. The molecule has 9 aromatic rings. The van der Waals surface area contributed by atoms with Crippen molar-refractivity contribution in [3.63, 3.8) is 0 Å². The second kappa shape index (κ2) is 38.9. The number of unbranched alkanes of at least 4 members (excludes halogenated alkanes) is 1. The molecule has 6 heterocycles. The molecular weight excluding hydrogens is 1510 g/mol. The van der Waals surface area contributed by atoms with Crippen molar-refractivity contribution in [2.45, 2.75) is 164 Å². The SMILES string of the molecule is C=CCCCO[C@@H]1O[C@H](CO[C@@H]2O[C@H](CO[C@@H]3O[C@H](COC(=O)CCC(C)=O)[C@@H](OCc4ccccc4)[C@H](OCc4ccccc4)[C@H]3N3C(=O)c4ccccc4C3=O)[C@@H](OCc3ccccc3)[C@H](OCc3ccccc3)[C@H]2N2C(=O)c3ccccc3C2=O)[C@@H](OCc2ccccc2)[C@H](OCc2ccccc2)[C@H]1N1C(=O)c2ccccc2C1=O. The maximum atomic E-state index is 15.7. The van der Waals surface area contributed by atoms with Crippen LogP contribution in [-0.2, 0) is 111 Å². The van der Waals surface area contributed by atoms with Crippen LogP contribution in [0.5, 0.6) is 0 Å². The van der Waals surface area contributed by atoms with Gasteiger partial charge in [0.2, 0.25) is 0 Å². The Balaban J connectivity index is 0.864. The van der Waals surface area contributed by atoms with Crippen LogP contribution in [0.1, 0.15) is 128 Å². The lowest BCUT2D eigenvalue weighted by atomic mass is 9.93. The van der Waals surface area contributed by atoms with E-state index in [1.807, 2.05) is 182 Å². The van der Waals surface area contributed by atoms with Gasteiger partial charge in [-0.05, 0) is 89.5 Å². The highest BCUT2D eigenvalue weighted by Gasteiger charge is 2.61. The number of fused-ring (bicyclic) bond motifs is 3. The van der Waals surface area contributed by atoms with Gasteiger partial charge >= 0.3 is 5.97 Å². The summed E-state index contributed by atoms with van der Waals surface area (Å²) in [5.41, 5.74) is 4.97. The normalized spacial score (nSPS) is 24.7. The van der Waals surface area contributed by atoms with Gasteiger partial charge in [-0.1, -0.05) is 224 Å². The molecule has 3 fully saturated rings. The van der Waals surface area contributed by atoms with Crippen molar-refractivity contribution in [1.82, 2.24) is 14.7 Å². The Labute approximate surface area is 683 Å². The molecule has 0 aliphatic carbocycles. The topological polar surface area (TPSA) is 266 Å². The Morgan fingerprint density at radius 3 is 0.831 bits per heavy atom. The van der Waals surface area contributed by atoms with Gasteiger partial charge in [0, 0.05) is 6.42 Å². The van der Waals surface area contributed by atoms with Gasteiger partial charge < -0.3 is 66.4 Å². The first-order valence-corrected chi connectivity index (χ1v) is 39.7. The number of hydrogen-bond acceptors (Lipinski definition) is 21. The fraction of sp³-hybridized carbons (Fsp3) is 0.319. The standard InChI is InChI=1S/C94H91N3O21/c1-3-4-29-50-106-92-77(95-86(100)67-42-23-24-43-68(67)87(95)101)83(111-54-64-36-17-8-18-37-64)81(109-52-62-32-13-6-14-33-62)74(116-92)58-114-94-79(97-90(104)71-46-27-28-47-72(71)91(97)105)85(113-56-66-40-21-10-22-41-66)82(110-53-63-34-15-7-16-35-63)75(118-94)59-115-93-78(96-88(102)69-44-25-26-45-70(69)89(96)103)84(112-55-65-38-19-9-20-39-65)80(108-51-61-30-11-5-12-31-61)73(117-93)57-107-76(99)49-48-60(2)98/h3,5-28,30-47,73-75,77-85,92-94H,1,4,29,48-59H2,2H3/t73-,74-,75-,77-,78-,79-,80-,81-,82-,83-,84-,85-,92-,93-,94-/m1/s1. The van der Waals surface area contributed by atoms with Crippen molar-refractivity contribution in [3.05, 3.63) is 334 Å². The van der Waals surface area contributed by atoms with Gasteiger partial charge in [0.1, 0.15) is 85.5 Å². The van der Waals surface area contributed by atoms with Gasteiger partial charge in [0.15, 0.2) is 18.9 Å². The van der Waals surface area contributed by atoms with E-state index in [0.717, 1.165) is 31.4 Å². The van der Waals surface area contributed by atoms with E-state index in [9.17, 15) is 9.59 Å². The molecule has 0 unspecified atom stereocenters. The lowest BCUT2D eigenvalue weighted by Gasteiger charge is -2.51. The number of allylic oxidation sites excluding steroid dienone is 1. The molecule has 118 heavy (non-hydrogen) atoms. The lowest BCUT2D eigenvalue weighted by molar-refractivity contribution is -0.337. The van der Waals surface area contributed by atoms with Gasteiger partial charge in [0.25, 0.3) is 35.4 Å². The molecule has 0 radical (unpaired) electrons. The minimum absolute atomic E-state index is 0.0534. The third-order valence-electron chi connectivity index (χ3n) is 21.7. The molecule has 24 nitrogen and oxygen atoms in total. The van der Waals surface area contributed by atoms with E-state index in [4.69, 9.17) is 61.6 Å². The molecule has 608 valence electrons. The van der Waals surface area contributed by atoms with E-state index in [2.05, 4.69) is 6.58 Å². The van der Waals surface area contributed by atoms with Crippen LogP contribution in [0.15, 0.2) is 267 Å². The fourth-order valence-corrected chi connectivity index (χ4v) is 15.8. The zero-order valence-corrected chi connectivity index (χ0v) is 65.0. The quantitative estimate of drug-likeness (QED) is 0.0151. The van der Waals surface area contributed by atoms with E-state index in [1.54, 1.807) is 78.9 Å².